The van der Waals surface area contributed by atoms with Crippen LogP contribution < -0.4 is 4.90 Å². The van der Waals surface area contributed by atoms with Gasteiger partial charge in [-0.3, -0.25) is 9.59 Å². The van der Waals surface area contributed by atoms with Crippen LogP contribution in [0.4, 0.5) is 23.7 Å². The van der Waals surface area contributed by atoms with E-state index < -0.39 is 22.9 Å². The van der Waals surface area contributed by atoms with Crippen LogP contribution in [0.2, 0.25) is 0 Å². The number of hydrogen-bond donors (Lipinski definition) is 0. The van der Waals surface area contributed by atoms with Crippen LogP contribution >= 0.6 is 11.8 Å². The van der Waals surface area contributed by atoms with Crippen molar-refractivity contribution in [2.45, 2.75) is 6.18 Å². The molecule has 0 aliphatic carbocycles. The molecule has 0 unspecified atom stereocenters. The second kappa shape index (κ2) is 6.64. The van der Waals surface area contributed by atoms with Gasteiger partial charge in [0.15, 0.2) is 0 Å². The molecule has 8 heteroatoms. The van der Waals surface area contributed by atoms with E-state index in [1.54, 1.807) is 18.2 Å². The van der Waals surface area contributed by atoms with Crippen LogP contribution in [-0.4, -0.2) is 11.1 Å². The molecule has 1 fully saturated rings. The number of hydrogen-bond acceptors (Lipinski definition) is 4. The van der Waals surface area contributed by atoms with Crippen molar-refractivity contribution in [3.63, 3.8) is 0 Å². The Hall–Kier alpha value is -2.74. The lowest BCUT2D eigenvalue weighted by molar-refractivity contribution is -0.137. The fourth-order valence-electron chi connectivity index (χ4n) is 2.14. The Kier molecular flexibility index (Phi) is 4.54. The SMILES string of the molecule is O=C1S/C(=C/C=C/c2ccco2)C(=O)N1c1cccc(C(F)(F)F)c1. The summed E-state index contributed by atoms with van der Waals surface area (Å²) < 4.78 is 43.5. The number of rotatable bonds is 3. The summed E-state index contributed by atoms with van der Waals surface area (Å²) in [7, 11) is 0. The van der Waals surface area contributed by atoms with Crippen LogP contribution in [0.3, 0.4) is 0 Å². The summed E-state index contributed by atoms with van der Waals surface area (Å²) >= 11 is 0.663. The second-order valence-electron chi connectivity index (χ2n) is 4.96. The Morgan fingerprint density at radius 1 is 1.12 bits per heavy atom. The first kappa shape index (κ1) is 17.1. The van der Waals surface area contributed by atoms with Gasteiger partial charge in [0.25, 0.3) is 11.1 Å². The third-order valence-corrected chi connectivity index (χ3v) is 4.16. The summed E-state index contributed by atoms with van der Waals surface area (Å²) in [5.74, 6) is -0.105. The molecule has 2 heterocycles. The van der Waals surface area contributed by atoms with Gasteiger partial charge in [0.2, 0.25) is 0 Å². The largest absolute Gasteiger partial charge is 0.465 e. The highest BCUT2D eigenvalue weighted by atomic mass is 32.2. The highest BCUT2D eigenvalue weighted by Crippen LogP contribution is 2.37. The summed E-state index contributed by atoms with van der Waals surface area (Å²) in [4.78, 5) is 25.2. The molecule has 0 spiro atoms. The number of thioether (sulfide) groups is 1. The molecule has 0 N–H and O–H groups in total. The Morgan fingerprint density at radius 2 is 1.92 bits per heavy atom. The third-order valence-electron chi connectivity index (χ3n) is 3.28. The Morgan fingerprint density at radius 3 is 2.60 bits per heavy atom. The Balaban J connectivity index is 1.84. The predicted molar refractivity (Wildman–Crippen MR) is 87.7 cm³/mol. The topological polar surface area (TPSA) is 50.5 Å². The second-order valence-corrected chi connectivity index (χ2v) is 5.96. The van der Waals surface area contributed by atoms with Gasteiger partial charge >= 0.3 is 6.18 Å². The normalized spacial score (nSPS) is 17.2. The fourth-order valence-corrected chi connectivity index (χ4v) is 2.94. The van der Waals surface area contributed by atoms with Crippen molar-refractivity contribution in [2.75, 3.05) is 4.90 Å². The van der Waals surface area contributed by atoms with E-state index >= 15 is 0 Å². The van der Waals surface area contributed by atoms with Crippen molar-refractivity contribution in [3.8, 4) is 0 Å². The number of imide groups is 1. The minimum atomic E-state index is -4.56. The van der Waals surface area contributed by atoms with Crippen LogP contribution in [0.5, 0.6) is 0 Å². The quantitative estimate of drug-likeness (QED) is 0.711. The van der Waals surface area contributed by atoms with Crippen molar-refractivity contribution in [1.82, 2.24) is 0 Å². The number of carbonyl (C=O) groups is 2. The zero-order chi connectivity index (χ0) is 18.0. The predicted octanol–water partition coefficient (Wildman–Crippen LogP) is 5.10. The first-order valence-electron chi connectivity index (χ1n) is 7.01. The number of furan rings is 1. The van der Waals surface area contributed by atoms with Gasteiger partial charge in [-0.1, -0.05) is 12.1 Å². The van der Waals surface area contributed by atoms with Crippen molar-refractivity contribution in [2.24, 2.45) is 0 Å². The molecule has 2 aromatic rings. The number of alkyl halides is 3. The molecule has 1 saturated heterocycles. The van der Waals surface area contributed by atoms with Crippen molar-refractivity contribution in [1.29, 1.82) is 0 Å². The van der Waals surface area contributed by atoms with Gasteiger partial charge in [-0.25, -0.2) is 4.90 Å². The molecule has 1 aromatic heterocycles. The van der Waals surface area contributed by atoms with Crippen LogP contribution in [0.25, 0.3) is 6.08 Å². The van der Waals surface area contributed by atoms with Gasteiger partial charge < -0.3 is 4.42 Å². The number of amides is 2. The molecule has 0 saturated carbocycles. The maximum Gasteiger partial charge on any atom is 0.416 e. The van der Waals surface area contributed by atoms with Crippen LogP contribution in [-0.2, 0) is 11.0 Å². The van der Waals surface area contributed by atoms with Crippen LogP contribution in [0, 0.1) is 0 Å². The molecule has 4 nitrogen and oxygen atoms in total. The monoisotopic (exact) mass is 365 g/mol. The zero-order valence-corrected chi connectivity index (χ0v) is 13.3. The van der Waals surface area contributed by atoms with E-state index in [1.807, 2.05) is 0 Å². The maximum atomic E-state index is 12.8. The lowest BCUT2D eigenvalue weighted by Crippen LogP contribution is -2.28. The van der Waals surface area contributed by atoms with Gasteiger partial charge in [-0.2, -0.15) is 13.2 Å². The summed E-state index contributed by atoms with van der Waals surface area (Å²) in [5, 5.41) is -0.651. The molecule has 1 aliphatic rings. The minimum absolute atomic E-state index is 0.115. The number of anilines is 1. The van der Waals surface area contributed by atoms with E-state index in [-0.39, 0.29) is 10.6 Å². The van der Waals surface area contributed by atoms with E-state index in [2.05, 4.69) is 0 Å². The standard InChI is InChI=1S/C17H10F3NO3S/c18-17(19,20)11-4-1-5-12(10-11)21-15(22)14(25-16(21)23)8-2-6-13-7-3-9-24-13/h1-10H/b6-2+,14-8+. The van der Waals surface area contributed by atoms with Gasteiger partial charge in [-0.05, 0) is 54.2 Å². The van der Waals surface area contributed by atoms with E-state index in [9.17, 15) is 22.8 Å². The van der Waals surface area contributed by atoms with E-state index in [0.29, 0.717) is 17.5 Å². The Labute approximate surface area is 144 Å². The molecule has 0 bridgehead atoms. The summed E-state index contributed by atoms with van der Waals surface area (Å²) in [6, 6.07) is 7.50. The van der Waals surface area contributed by atoms with Crippen molar-refractivity contribution in [3.05, 3.63) is 71.0 Å². The molecule has 1 aliphatic heterocycles. The maximum absolute atomic E-state index is 12.8. The van der Waals surface area contributed by atoms with Gasteiger partial charge in [-0.15, -0.1) is 0 Å². The highest BCUT2D eigenvalue weighted by molar-refractivity contribution is 8.18. The summed E-state index contributed by atoms with van der Waals surface area (Å²) in [5.41, 5.74) is -1.04. The first-order valence-corrected chi connectivity index (χ1v) is 7.83. The molecular formula is C17H10F3NO3S. The third kappa shape index (κ3) is 3.69. The molecule has 0 atom stereocenters. The van der Waals surface area contributed by atoms with Gasteiger partial charge in [0.05, 0.1) is 22.4 Å². The smallest absolute Gasteiger partial charge is 0.416 e. The van der Waals surface area contributed by atoms with Gasteiger partial charge in [0.1, 0.15) is 5.76 Å². The molecule has 128 valence electrons. The fraction of sp³-hybridized carbons (Fsp3) is 0.0588. The van der Waals surface area contributed by atoms with Crippen molar-refractivity contribution < 1.29 is 27.2 Å². The Bertz CT molecular complexity index is 870. The minimum Gasteiger partial charge on any atom is -0.465 e. The number of carbonyl (C=O) groups excluding carboxylic acids is 2. The molecule has 1 aromatic carbocycles. The molecular weight excluding hydrogens is 355 g/mol. The van der Waals surface area contributed by atoms with Gasteiger partial charge in [0, 0.05) is 0 Å². The summed E-state index contributed by atoms with van der Waals surface area (Å²) in [6.07, 6.45) is 1.47. The average Bonchev–Trinajstić information content (AvgIpc) is 3.15. The van der Waals surface area contributed by atoms with E-state index in [4.69, 9.17) is 4.42 Å². The number of nitrogens with zero attached hydrogens (tertiary/aromatic N) is 1. The lowest BCUT2D eigenvalue weighted by Gasteiger charge is -2.14. The molecule has 2 amide bonds. The summed E-state index contributed by atoms with van der Waals surface area (Å²) in [6.45, 7) is 0. The number of halogens is 3. The molecule has 0 radical (unpaired) electrons. The molecule has 25 heavy (non-hydrogen) atoms. The highest BCUT2D eigenvalue weighted by Gasteiger charge is 2.37. The zero-order valence-electron chi connectivity index (χ0n) is 12.5. The van der Waals surface area contributed by atoms with Crippen molar-refractivity contribution >= 4 is 34.7 Å². The van der Waals surface area contributed by atoms with Crippen LogP contribution in [0.1, 0.15) is 11.3 Å². The molecule has 3 rings (SSSR count). The van der Waals surface area contributed by atoms with E-state index in [1.165, 1.54) is 24.5 Å². The number of benzene rings is 1. The first-order chi connectivity index (χ1) is 11.9. The number of allylic oxidation sites excluding steroid dienone is 2. The van der Waals surface area contributed by atoms with Crippen LogP contribution in [0.15, 0.2) is 64.1 Å². The average molecular weight is 365 g/mol. The lowest BCUT2D eigenvalue weighted by atomic mass is 10.2. The van der Waals surface area contributed by atoms with E-state index in [0.717, 1.165) is 23.1 Å².